The van der Waals surface area contributed by atoms with Crippen molar-refractivity contribution in [1.29, 1.82) is 0 Å². The number of unbranched alkanes of at least 4 members (excludes halogenated alkanes) is 9. The zero-order valence-electron chi connectivity index (χ0n) is 23.9. The van der Waals surface area contributed by atoms with E-state index in [9.17, 15) is 40.9 Å². The summed E-state index contributed by atoms with van der Waals surface area (Å²) in [4.78, 5) is 2.96. The summed E-state index contributed by atoms with van der Waals surface area (Å²) in [6.45, 7) is -0.223. The second-order valence-electron chi connectivity index (χ2n) is 11.0. The second kappa shape index (κ2) is 18.7. The number of aliphatic hydroxyl groups is 8. The molecule has 2 heterocycles. The maximum atomic E-state index is 10.3. The Hall–Kier alpha value is -1.02. The molecule has 12 N–H and O–H groups in total. The van der Waals surface area contributed by atoms with Crippen molar-refractivity contribution in [1.82, 2.24) is 9.80 Å². The van der Waals surface area contributed by atoms with E-state index < -0.39 is 74.5 Å². The minimum absolute atomic E-state index is 0.00363. The van der Waals surface area contributed by atoms with Crippen LogP contribution in [0.25, 0.3) is 0 Å². The van der Waals surface area contributed by atoms with Gasteiger partial charge in [0.25, 0.3) is 0 Å². The maximum absolute atomic E-state index is 10.3. The van der Waals surface area contributed by atoms with Gasteiger partial charge in [-0.05, 0) is 37.3 Å². The highest BCUT2D eigenvalue weighted by atomic mass is 32.1. The molecule has 0 amide bonds. The van der Waals surface area contributed by atoms with Crippen LogP contribution in [0.1, 0.15) is 64.2 Å². The van der Waals surface area contributed by atoms with Gasteiger partial charge in [-0.3, -0.25) is 0 Å². The molecule has 2 rings (SSSR count). The van der Waals surface area contributed by atoms with Crippen LogP contribution in [-0.2, 0) is 9.47 Å². The van der Waals surface area contributed by atoms with E-state index >= 15 is 0 Å². The van der Waals surface area contributed by atoms with E-state index in [1.807, 2.05) is 0 Å². The average Bonchev–Trinajstić information content (AvgIpc) is 2.96. The van der Waals surface area contributed by atoms with Crippen LogP contribution in [0, 0.1) is 0 Å². The summed E-state index contributed by atoms with van der Waals surface area (Å²) in [5.74, 6) is 0. The maximum Gasteiger partial charge on any atom is 0.168 e. The monoisotopic (exact) mass is 642 g/mol. The summed E-state index contributed by atoms with van der Waals surface area (Å²) in [6.07, 6.45) is -3.30. The number of nitrogens with zero attached hydrogens (tertiary/aromatic N) is 2. The Kier molecular flexibility index (Phi) is 16.6. The van der Waals surface area contributed by atoms with Gasteiger partial charge in [0, 0.05) is 13.1 Å². The molecule has 0 aliphatic carbocycles. The molecule has 42 heavy (non-hydrogen) atoms. The topological polar surface area (TPSA) is 239 Å². The zero-order chi connectivity index (χ0) is 31.4. The van der Waals surface area contributed by atoms with Crippen molar-refractivity contribution in [3.8, 4) is 0 Å². The first-order valence-corrected chi connectivity index (χ1v) is 15.5. The third-order valence-electron chi connectivity index (χ3n) is 7.96. The highest BCUT2D eigenvalue weighted by Crippen LogP contribution is 2.25. The summed E-state index contributed by atoms with van der Waals surface area (Å²) in [5.41, 5.74) is 11.6. The quantitative estimate of drug-likeness (QED) is 0.0586. The van der Waals surface area contributed by atoms with Gasteiger partial charge >= 0.3 is 0 Å². The first-order valence-electron chi connectivity index (χ1n) is 14.7. The standard InChI is InChI=1S/C26H50N4O10S2/c27-25(41)29(23-21(37)19(35)17(33)15(13-31)39-23)11-9-7-5-3-1-2-4-6-8-10-12-30(26(28)42)24-22(38)20(36)18(34)16(14-32)40-24/h15-24,31-38H,1-14H2,(H2,27,41)(H2,28,42)/t15-,16-,17-,18-,19+,20+,21-,22-,23-,24-/m1/s1. The number of hydrogen-bond acceptors (Lipinski definition) is 12. The summed E-state index contributed by atoms with van der Waals surface area (Å²) in [6, 6.07) is 0. The molecular formula is C26H50N4O10S2. The molecular weight excluding hydrogens is 592 g/mol. The predicted molar refractivity (Wildman–Crippen MR) is 161 cm³/mol. The van der Waals surface area contributed by atoms with Crippen LogP contribution in [0.3, 0.4) is 0 Å². The summed E-state index contributed by atoms with van der Waals surface area (Å²) in [7, 11) is 0. The van der Waals surface area contributed by atoms with E-state index in [1.54, 1.807) is 0 Å². The molecule has 2 saturated heterocycles. The predicted octanol–water partition coefficient (Wildman–Crippen LogP) is -2.42. The van der Waals surface area contributed by atoms with Crippen LogP contribution in [-0.4, -0.2) is 148 Å². The Morgan fingerprint density at radius 2 is 0.786 bits per heavy atom. The summed E-state index contributed by atoms with van der Waals surface area (Å²) < 4.78 is 11.1. The lowest BCUT2D eigenvalue weighted by molar-refractivity contribution is -0.255. The Morgan fingerprint density at radius 3 is 1.05 bits per heavy atom. The Balaban J connectivity index is 1.60. The minimum Gasteiger partial charge on any atom is -0.394 e. The molecule has 0 spiro atoms. The highest BCUT2D eigenvalue weighted by Gasteiger charge is 2.47. The Morgan fingerprint density at radius 1 is 0.500 bits per heavy atom. The summed E-state index contributed by atoms with van der Waals surface area (Å²) >= 11 is 10.2. The third-order valence-corrected chi connectivity index (χ3v) is 8.43. The van der Waals surface area contributed by atoms with Crippen molar-refractivity contribution in [3.63, 3.8) is 0 Å². The number of aliphatic hydroxyl groups excluding tert-OH is 8. The van der Waals surface area contributed by atoms with Gasteiger partial charge in [-0.25, -0.2) is 0 Å². The van der Waals surface area contributed by atoms with Gasteiger partial charge in [-0.15, -0.1) is 0 Å². The smallest absolute Gasteiger partial charge is 0.168 e. The van der Waals surface area contributed by atoms with E-state index in [0.29, 0.717) is 13.1 Å². The van der Waals surface area contributed by atoms with Gasteiger partial charge in [-0.1, -0.05) is 51.4 Å². The van der Waals surface area contributed by atoms with Crippen molar-refractivity contribution in [2.45, 2.75) is 125 Å². The first-order chi connectivity index (χ1) is 20.0. The lowest BCUT2D eigenvalue weighted by Gasteiger charge is -2.44. The van der Waals surface area contributed by atoms with E-state index in [4.69, 9.17) is 45.4 Å². The van der Waals surface area contributed by atoms with Crippen molar-refractivity contribution < 1.29 is 50.3 Å². The molecule has 2 aliphatic heterocycles. The van der Waals surface area contributed by atoms with Crippen molar-refractivity contribution in [2.24, 2.45) is 11.5 Å². The number of hydrogen-bond donors (Lipinski definition) is 10. The van der Waals surface area contributed by atoms with Gasteiger partial charge < -0.3 is 71.6 Å². The second-order valence-corrected chi connectivity index (χ2v) is 11.9. The molecule has 0 unspecified atom stereocenters. The minimum atomic E-state index is -1.49. The van der Waals surface area contributed by atoms with Gasteiger partial charge in [-0.2, -0.15) is 0 Å². The molecule has 16 heteroatoms. The SMILES string of the molecule is NC(=S)N(CCCCCCCCCCCCN(C(N)=S)[C@@H]1O[C@H](CO)[C@@H](O)[C@H](O)[C@H]1O)[C@@H]1O[C@H](CO)[C@@H](O)[C@H](O)[C@H]1O. The van der Waals surface area contributed by atoms with Crippen molar-refractivity contribution in [2.75, 3.05) is 26.3 Å². The lowest BCUT2D eigenvalue weighted by Crippen LogP contribution is -2.64. The van der Waals surface area contributed by atoms with Gasteiger partial charge in [0.05, 0.1) is 13.2 Å². The highest BCUT2D eigenvalue weighted by molar-refractivity contribution is 7.80. The summed E-state index contributed by atoms with van der Waals surface area (Å²) in [5, 5.41) is 79.6. The average molecular weight is 643 g/mol. The Bertz CT molecular complexity index is 753. The fourth-order valence-corrected chi connectivity index (χ4v) is 5.77. The van der Waals surface area contributed by atoms with Crippen LogP contribution < -0.4 is 11.5 Å². The normalized spacial score (nSPS) is 33.3. The van der Waals surface area contributed by atoms with Crippen LogP contribution in [0.2, 0.25) is 0 Å². The Labute approximate surface area is 257 Å². The van der Waals surface area contributed by atoms with Crippen LogP contribution in [0.15, 0.2) is 0 Å². The molecule has 2 aliphatic rings. The fourth-order valence-electron chi connectivity index (χ4n) is 5.38. The van der Waals surface area contributed by atoms with E-state index in [-0.39, 0.29) is 10.2 Å². The molecule has 2 fully saturated rings. The number of ether oxygens (including phenoxy) is 2. The zero-order valence-corrected chi connectivity index (χ0v) is 25.6. The van der Waals surface area contributed by atoms with Crippen LogP contribution in [0.4, 0.5) is 0 Å². The number of nitrogens with two attached hydrogens (primary N) is 2. The fraction of sp³-hybridized carbons (Fsp3) is 0.923. The van der Waals surface area contributed by atoms with Crippen LogP contribution in [0.5, 0.6) is 0 Å². The molecule has 10 atom stereocenters. The molecule has 0 aromatic rings. The molecule has 0 aromatic heterocycles. The lowest BCUT2D eigenvalue weighted by atomic mass is 9.97. The third kappa shape index (κ3) is 10.3. The van der Waals surface area contributed by atoms with Crippen molar-refractivity contribution >= 4 is 34.7 Å². The molecule has 14 nitrogen and oxygen atoms in total. The molecule has 0 aromatic carbocycles. The van der Waals surface area contributed by atoms with Crippen molar-refractivity contribution in [3.05, 3.63) is 0 Å². The van der Waals surface area contributed by atoms with E-state index in [0.717, 1.165) is 64.2 Å². The molecule has 246 valence electrons. The van der Waals surface area contributed by atoms with E-state index in [2.05, 4.69) is 0 Å². The molecule has 0 bridgehead atoms. The van der Waals surface area contributed by atoms with E-state index in [1.165, 1.54) is 9.80 Å². The number of thiocarbonyl (C=S) groups is 2. The van der Waals surface area contributed by atoms with Gasteiger partial charge in [0.1, 0.15) is 48.8 Å². The van der Waals surface area contributed by atoms with Gasteiger partial charge in [0.2, 0.25) is 0 Å². The first kappa shape index (κ1) is 37.2. The van der Waals surface area contributed by atoms with Crippen LogP contribution >= 0.6 is 24.4 Å². The number of rotatable bonds is 17. The molecule has 0 saturated carbocycles. The van der Waals surface area contributed by atoms with Gasteiger partial charge in [0.15, 0.2) is 22.7 Å². The largest absolute Gasteiger partial charge is 0.394 e. The molecule has 0 radical (unpaired) electrons.